The summed E-state index contributed by atoms with van der Waals surface area (Å²) in [7, 11) is 1.45. The lowest BCUT2D eigenvalue weighted by Crippen LogP contribution is -2.51. The lowest BCUT2D eigenvalue weighted by molar-refractivity contribution is 0.0953. The monoisotopic (exact) mass is 450 g/mol. The van der Waals surface area contributed by atoms with Gasteiger partial charge in [0.1, 0.15) is 0 Å². The van der Waals surface area contributed by atoms with Crippen molar-refractivity contribution >= 4 is 22.6 Å². The highest BCUT2D eigenvalue weighted by Crippen LogP contribution is 2.38. The molecular weight excluding hydrogens is 423 g/mol. The molecule has 0 aromatic carbocycles. The fourth-order valence-corrected chi connectivity index (χ4v) is 4.61. The van der Waals surface area contributed by atoms with Crippen LogP contribution in [0, 0.1) is 5.82 Å². The van der Waals surface area contributed by atoms with E-state index in [4.69, 9.17) is 0 Å². The Kier molecular flexibility index (Phi) is 5.57. The normalized spacial score (nSPS) is 19.1. The molecule has 5 rings (SSSR count). The van der Waals surface area contributed by atoms with Crippen LogP contribution in [0.5, 0.6) is 0 Å². The molecular formula is C24H27FN6O2. The second kappa shape index (κ2) is 8.55. The van der Waals surface area contributed by atoms with E-state index in [1.807, 2.05) is 18.3 Å². The first-order chi connectivity index (χ1) is 15.9. The zero-order valence-electron chi connectivity index (χ0n) is 18.8. The van der Waals surface area contributed by atoms with E-state index < -0.39 is 11.7 Å². The molecule has 9 heteroatoms. The number of nitrogens with one attached hydrogen (secondary N) is 2. The number of halogens is 1. The van der Waals surface area contributed by atoms with Crippen LogP contribution in [0.15, 0.2) is 35.4 Å². The van der Waals surface area contributed by atoms with Gasteiger partial charge in [-0.3, -0.25) is 19.5 Å². The third kappa shape index (κ3) is 4.32. The number of rotatable bonds is 5. The van der Waals surface area contributed by atoms with E-state index in [1.54, 1.807) is 6.20 Å². The Bertz CT molecular complexity index is 1270. The molecule has 1 saturated carbocycles. The van der Waals surface area contributed by atoms with E-state index in [1.165, 1.54) is 13.1 Å². The highest BCUT2D eigenvalue weighted by Gasteiger charge is 2.27. The van der Waals surface area contributed by atoms with Crippen LogP contribution < -0.4 is 15.8 Å². The minimum absolute atomic E-state index is 0.00513. The van der Waals surface area contributed by atoms with E-state index >= 15 is 0 Å². The summed E-state index contributed by atoms with van der Waals surface area (Å²) in [6, 6.07) is 5.45. The van der Waals surface area contributed by atoms with Gasteiger partial charge in [-0.25, -0.2) is 9.37 Å². The number of pyridine rings is 3. The number of fused-ring (bicyclic) bond motifs is 1. The summed E-state index contributed by atoms with van der Waals surface area (Å²) in [6.07, 6.45) is 5.60. The minimum Gasteiger partial charge on any atom is -0.365 e. The van der Waals surface area contributed by atoms with Gasteiger partial charge in [-0.1, -0.05) is 0 Å². The highest BCUT2D eigenvalue weighted by molar-refractivity contribution is 5.92. The van der Waals surface area contributed by atoms with Gasteiger partial charge < -0.3 is 15.2 Å². The van der Waals surface area contributed by atoms with Gasteiger partial charge in [0.05, 0.1) is 22.9 Å². The van der Waals surface area contributed by atoms with Gasteiger partial charge in [-0.05, 0) is 43.4 Å². The lowest BCUT2D eigenvalue weighted by atomic mass is 10.1. The van der Waals surface area contributed by atoms with Crippen molar-refractivity contribution in [2.45, 2.75) is 38.3 Å². The summed E-state index contributed by atoms with van der Waals surface area (Å²) in [5.41, 5.74) is 3.96. The number of hydrogen-bond acceptors (Lipinski definition) is 6. The van der Waals surface area contributed by atoms with E-state index in [9.17, 15) is 14.0 Å². The van der Waals surface area contributed by atoms with Crippen molar-refractivity contribution in [3.8, 4) is 0 Å². The Morgan fingerprint density at radius 2 is 2.03 bits per heavy atom. The third-order valence-electron chi connectivity index (χ3n) is 6.51. The minimum atomic E-state index is -0.623. The zero-order valence-corrected chi connectivity index (χ0v) is 18.8. The van der Waals surface area contributed by atoms with Crippen LogP contribution in [0.3, 0.4) is 0 Å². The van der Waals surface area contributed by atoms with Crippen molar-refractivity contribution in [1.82, 2.24) is 25.2 Å². The van der Waals surface area contributed by atoms with Crippen molar-refractivity contribution in [1.29, 1.82) is 0 Å². The summed E-state index contributed by atoms with van der Waals surface area (Å²) in [5.74, 6) is -0.769. The van der Waals surface area contributed by atoms with Crippen LogP contribution in [-0.4, -0.2) is 58.5 Å². The van der Waals surface area contributed by atoms with Gasteiger partial charge in [-0.15, -0.1) is 0 Å². The van der Waals surface area contributed by atoms with Crippen molar-refractivity contribution in [2.75, 3.05) is 31.6 Å². The first kappa shape index (κ1) is 21.5. The molecule has 0 spiro atoms. The predicted molar refractivity (Wildman–Crippen MR) is 124 cm³/mol. The zero-order chi connectivity index (χ0) is 23.1. The summed E-state index contributed by atoms with van der Waals surface area (Å²) >= 11 is 0. The van der Waals surface area contributed by atoms with Crippen LogP contribution in [0.1, 0.15) is 47.3 Å². The van der Waals surface area contributed by atoms with Crippen molar-refractivity contribution in [3.05, 3.63) is 63.6 Å². The van der Waals surface area contributed by atoms with E-state index in [0.717, 1.165) is 54.6 Å². The second-order valence-corrected chi connectivity index (χ2v) is 8.99. The molecule has 33 heavy (non-hydrogen) atoms. The fourth-order valence-electron chi connectivity index (χ4n) is 4.61. The number of nitrogens with zero attached hydrogens (tertiary/aromatic N) is 4. The Morgan fingerprint density at radius 3 is 2.73 bits per heavy atom. The van der Waals surface area contributed by atoms with Crippen molar-refractivity contribution in [3.63, 3.8) is 0 Å². The lowest BCUT2D eigenvalue weighted by Gasteiger charge is -2.41. The maximum Gasteiger partial charge on any atom is 0.272 e. The summed E-state index contributed by atoms with van der Waals surface area (Å²) < 4.78 is 14.4. The molecule has 3 aromatic heterocycles. The number of aromatic nitrogens is 3. The van der Waals surface area contributed by atoms with Crippen LogP contribution in [0.2, 0.25) is 0 Å². The number of aromatic amines is 1. The SMILES string of the molecule is CNC(=O)c1ncc(N2CCN(Cc3cnc4cc(C5CC5)c(=O)[nH]c4c3)CC2C)cc1F. The van der Waals surface area contributed by atoms with Gasteiger partial charge in [0, 0.05) is 57.1 Å². The Labute approximate surface area is 190 Å². The molecule has 0 bridgehead atoms. The first-order valence-electron chi connectivity index (χ1n) is 11.3. The van der Waals surface area contributed by atoms with Gasteiger partial charge in [0.25, 0.3) is 11.5 Å². The van der Waals surface area contributed by atoms with Crippen LogP contribution >= 0.6 is 0 Å². The number of carbonyl (C=O) groups is 1. The number of H-pyrrole nitrogens is 1. The molecule has 2 fully saturated rings. The van der Waals surface area contributed by atoms with Gasteiger partial charge >= 0.3 is 0 Å². The summed E-state index contributed by atoms with van der Waals surface area (Å²) in [5, 5.41) is 2.40. The largest absolute Gasteiger partial charge is 0.365 e. The molecule has 3 aromatic rings. The predicted octanol–water partition coefficient (Wildman–Crippen LogP) is 2.40. The van der Waals surface area contributed by atoms with Crippen LogP contribution in [0.25, 0.3) is 11.0 Å². The van der Waals surface area contributed by atoms with Crippen LogP contribution in [0.4, 0.5) is 10.1 Å². The maximum atomic E-state index is 14.4. The molecule has 8 nitrogen and oxygen atoms in total. The highest BCUT2D eigenvalue weighted by atomic mass is 19.1. The van der Waals surface area contributed by atoms with E-state index in [2.05, 4.69) is 37.0 Å². The van der Waals surface area contributed by atoms with Gasteiger partial charge in [0.15, 0.2) is 11.5 Å². The molecule has 172 valence electrons. The number of carbonyl (C=O) groups excluding carboxylic acids is 1. The third-order valence-corrected chi connectivity index (χ3v) is 6.51. The quantitative estimate of drug-likeness (QED) is 0.620. The molecule has 1 unspecified atom stereocenters. The summed E-state index contributed by atoms with van der Waals surface area (Å²) in [4.78, 5) is 40.1. The molecule has 1 amide bonds. The molecule has 1 aliphatic carbocycles. The molecule has 1 atom stereocenters. The second-order valence-electron chi connectivity index (χ2n) is 8.99. The molecule has 4 heterocycles. The Balaban J connectivity index is 1.27. The average molecular weight is 451 g/mol. The maximum absolute atomic E-state index is 14.4. The van der Waals surface area contributed by atoms with Crippen LogP contribution in [-0.2, 0) is 6.54 Å². The summed E-state index contributed by atoms with van der Waals surface area (Å²) in [6.45, 7) is 5.10. The molecule has 2 N–H and O–H groups in total. The van der Waals surface area contributed by atoms with Gasteiger partial charge in [-0.2, -0.15) is 0 Å². The number of piperazine rings is 1. The molecule has 2 aliphatic rings. The number of amides is 1. The van der Waals surface area contributed by atoms with Crippen molar-refractivity contribution in [2.24, 2.45) is 0 Å². The van der Waals surface area contributed by atoms with E-state index in [-0.39, 0.29) is 17.3 Å². The smallest absolute Gasteiger partial charge is 0.272 e. The molecule has 0 radical (unpaired) electrons. The number of hydrogen-bond donors (Lipinski definition) is 2. The van der Waals surface area contributed by atoms with E-state index in [0.29, 0.717) is 18.2 Å². The van der Waals surface area contributed by atoms with Crippen molar-refractivity contribution < 1.29 is 9.18 Å². The number of anilines is 1. The molecule has 1 saturated heterocycles. The standard InChI is InChI=1S/C24H27FN6O2/c1-14-12-30(5-6-31(14)17-8-19(25)22(28-11-17)24(33)26-2)13-15-7-21-20(27-10-15)9-18(16-3-4-16)23(32)29-21/h7-11,14,16H,3-6,12-13H2,1-2H3,(H,26,33)(H,29,32). The Hall–Kier alpha value is -3.33. The Morgan fingerprint density at radius 1 is 1.21 bits per heavy atom. The first-order valence-corrected chi connectivity index (χ1v) is 11.3. The van der Waals surface area contributed by atoms with Gasteiger partial charge in [0.2, 0.25) is 0 Å². The fraction of sp³-hybridized carbons (Fsp3) is 0.417. The average Bonchev–Trinajstić information content (AvgIpc) is 3.63. The molecule has 1 aliphatic heterocycles. The topological polar surface area (TPSA) is 94.2 Å².